The van der Waals surface area contributed by atoms with E-state index in [1.807, 2.05) is 6.08 Å². The fraction of sp³-hybridized carbons (Fsp3) is 0.746. The van der Waals surface area contributed by atoms with Crippen molar-refractivity contribution in [2.45, 2.75) is 269 Å². The summed E-state index contributed by atoms with van der Waals surface area (Å²) in [5.74, 6) is -0.186. The van der Waals surface area contributed by atoms with E-state index >= 15 is 0 Å². The van der Waals surface area contributed by atoms with Gasteiger partial charge in [0.25, 0.3) is 0 Å². The van der Waals surface area contributed by atoms with Gasteiger partial charge in [-0.1, -0.05) is 240 Å². The van der Waals surface area contributed by atoms with Crippen molar-refractivity contribution in [3.63, 3.8) is 0 Å². The van der Waals surface area contributed by atoms with Crippen molar-refractivity contribution < 1.29 is 39.8 Å². The molecule has 68 heavy (non-hydrogen) atoms. The molecule has 1 rings (SSSR count). The zero-order chi connectivity index (χ0) is 49.4. The molecule has 0 aliphatic carbocycles. The number of allylic oxidation sites excluding steroid dienone is 13. The lowest BCUT2D eigenvalue weighted by atomic mass is 9.99. The quantitative estimate of drug-likeness (QED) is 0.0261. The van der Waals surface area contributed by atoms with Gasteiger partial charge in [0.1, 0.15) is 24.4 Å². The molecule has 9 heteroatoms. The van der Waals surface area contributed by atoms with Crippen LogP contribution in [0.25, 0.3) is 0 Å². The average Bonchev–Trinajstić information content (AvgIpc) is 3.34. The van der Waals surface area contributed by atoms with Crippen LogP contribution in [-0.4, -0.2) is 87.5 Å². The van der Waals surface area contributed by atoms with E-state index in [9.17, 15) is 30.3 Å². The summed E-state index contributed by atoms with van der Waals surface area (Å²) >= 11 is 0. The molecule has 0 saturated carbocycles. The number of carbonyl (C=O) groups excluding carboxylic acids is 1. The number of hydrogen-bond acceptors (Lipinski definition) is 8. The standard InChI is InChI=1S/C59H103NO8/c1-3-5-7-9-10-11-12-13-14-15-16-17-18-19-20-21-22-23-24-25-26-27-28-29-30-31-32-33-34-35-36-37-38-39-40-41-42-43-44-45-47-49-55(63)60-52(53(62)48-46-8-6-4-2)51-67-59-58(66)57(65)56(64)54(50-61)68-59/h5,7,10-11,13-14,16-17,19-20,22-23,46,48,52-54,56-59,61-62,64-66H,3-4,6,8-9,12,15,18,21,24-45,47,49-51H2,1-2H3,(H,60,63)/b7-5-,11-10-,14-13-,17-16-,20-19-,23-22-,48-46+. The van der Waals surface area contributed by atoms with E-state index in [-0.39, 0.29) is 12.5 Å². The van der Waals surface area contributed by atoms with Gasteiger partial charge < -0.3 is 40.3 Å². The molecule has 1 heterocycles. The second-order valence-corrected chi connectivity index (χ2v) is 19.0. The van der Waals surface area contributed by atoms with Crippen molar-refractivity contribution in [2.75, 3.05) is 13.2 Å². The van der Waals surface area contributed by atoms with E-state index in [4.69, 9.17) is 9.47 Å². The van der Waals surface area contributed by atoms with Gasteiger partial charge in [0.2, 0.25) is 5.91 Å². The molecule has 0 aromatic heterocycles. The molecule has 0 radical (unpaired) electrons. The molecule has 1 fully saturated rings. The predicted octanol–water partition coefficient (Wildman–Crippen LogP) is 13.5. The highest BCUT2D eigenvalue weighted by molar-refractivity contribution is 5.76. The molecule has 0 spiro atoms. The predicted molar refractivity (Wildman–Crippen MR) is 285 cm³/mol. The summed E-state index contributed by atoms with van der Waals surface area (Å²) in [7, 11) is 0. The highest BCUT2D eigenvalue weighted by atomic mass is 16.7. The van der Waals surface area contributed by atoms with Gasteiger partial charge in [-0.25, -0.2) is 0 Å². The van der Waals surface area contributed by atoms with Crippen LogP contribution in [-0.2, 0) is 14.3 Å². The van der Waals surface area contributed by atoms with Crippen LogP contribution in [0.4, 0.5) is 0 Å². The molecular formula is C59H103NO8. The highest BCUT2D eigenvalue weighted by Crippen LogP contribution is 2.23. The van der Waals surface area contributed by atoms with Crippen molar-refractivity contribution in [1.29, 1.82) is 0 Å². The summed E-state index contributed by atoms with van der Waals surface area (Å²) in [4.78, 5) is 12.8. The number of amides is 1. The molecule has 1 amide bonds. The number of ether oxygens (including phenoxy) is 2. The molecule has 9 nitrogen and oxygen atoms in total. The first-order valence-corrected chi connectivity index (χ1v) is 27.8. The van der Waals surface area contributed by atoms with Crippen molar-refractivity contribution in [3.05, 3.63) is 85.1 Å². The first kappa shape index (κ1) is 63.4. The molecule has 0 bridgehead atoms. The largest absolute Gasteiger partial charge is 0.394 e. The average molecular weight is 954 g/mol. The topological polar surface area (TPSA) is 149 Å². The minimum Gasteiger partial charge on any atom is -0.394 e. The Bertz CT molecular complexity index is 1340. The lowest BCUT2D eigenvalue weighted by Gasteiger charge is -2.40. The molecule has 0 aromatic carbocycles. The fourth-order valence-electron chi connectivity index (χ4n) is 8.32. The fourth-order valence-corrected chi connectivity index (χ4v) is 8.32. The van der Waals surface area contributed by atoms with Gasteiger partial charge in [-0.05, 0) is 64.2 Å². The summed E-state index contributed by atoms with van der Waals surface area (Å²) in [5, 5.41) is 53.7. The molecule has 392 valence electrons. The molecular weight excluding hydrogens is 851 g/mol. The lowest BCUT2D eigenvalue weighted by molar-refractivity contribution is -0.302. The van der Waals surface area contributed by atoms with E-state index in [0.29, 0.717) is 6.42 Å². The second kappa shape index (κ2) is 48.0. The highest BCUT2D eigenvalue weighted by Gasteiger charge is 2.44. The minimum atomic E-state index is -1.56. The van der Waals surface area contributed by atoms with Crippen LogP contribution in [0.3, 0.4) is 0 Å². The monoisotopic (exact) mass is 954 g/mol. The summed E-state index contributed by atoms with van der Waals surface area (Å²) in [6.45, 7) is 3.50. The van der Waals surface area contributed by atoms with Crippen LogP contribution in [0.2, 0.25) is 0 Å². The van der Waals surface area contributed by atoms with E-state index in [2.05, 4.69) is 92.1 Å². The van der Waals surface area contributed by atoms with E-state index in [1.54, 1.807) is 6.08 Å². The number of aliphatic hydroxyl groups excluding tert-OH is 5. The summed E-state index contributed by atoms with van der Waals surface area (Å²) in [6.07, 6.45) is 61.9. The molecule has 1 aliphatic heterocycles. The minimum absolute atomic E-state index is 0.186. The maximum absolute atomic E-state index is 12.8. The van der Waals surface area contributed by atoms with Crippen LogP contribution in [0.5, 0.6) is 0 Å². The van der Waals surface area contributed by atoms with Crippen molar-refractivity contribution >= 4 is 5.91 Å². The first-order valence-electron chi connectivity index (χ1n) is 27.8. The first-order chi connectivity index (χ1) is 33.3. The summed E-state index contributed by atoms with van der Waals surface area (Å²) in [5.41, 5.74) is 0. The smallest absolute Gasteiger partial charge is 0.220 e. The third kappa shape index (κ3) is 37.2. The maximum atomic E-state index is 12.8. The Morgan fingerprint density at radius 2 is 0.912 bits per heavy atom. The zero-order valence-electron chi connectivity index (χ0n) is 43.3. The van der Waals surface area contributed by atoms with Crippen LogP contribution in [0.15, 0.2) is 85.1 Å². The van der Waals surface area contributed by atoms with Crippen LogP contribution in [0, 0.1) is 0 Å². The number of hydrogen-bond donors (Lipinski definition) is 6. The number of rotatable bonds is 46. The number of nitrogens with one attached hydrogen (secondary N) is 1. The van der Waals surface area contributed by atoms with Gasteiger partial charge in [-0.15, -0.1) is 0 Å². The molecule has 6 N–H and O–H groups in total. The lowest BCUT2D eigenvalue weighted by Crippen LogP contribution is -2.60. The SMILES string of the molecule is CC/C=C\C/C=C\C/C=C\C/C=C\C/C=C\C/C=C\CCCCCCCCCCCCCCCCCCCCCCCCC(=O)NC(COC1OC(CO)C(O)C(O)C1O)C(O)/C=C/CCCC. The molecule has 7 unspecified atom stereocenters. The van der Waals surface area contributed by atoms with Gasteiger partial charge in [0.05, 0.1) is 25.4 Å². The van der Waals surface area contributed by atoms with Crippen LogP contribution < -0.4 is 5.32 Å². The Kier molecular flexibility index (Phi) is 44.8. The van der Waals surface area contributed by atoms with E-state index < -0.39 is 49.5 Å². The van der Waals surface area contributed by atoms with Crippen molar-refractivity contribution in [2.24, 2.45) is 0 Å². The van der Waals surface area contributed by atoms with Gasteiger partial charge >= 0.3 is 0 Å². The zero-order valence-corrected chi connectivity index (χ0v) is 43.3. The Hall–Kier alpha value is -2.63. The maximum Gasteiger partial charge on any atom is 0.220 e. The molecule has 1 aliphatic rings. The molecule has 0 aromatic rings. The molecule has 7 atom stereocenters. The Labute approximate surface area is 416 Å². The third-order valence-corrected chi connectivity index (χ3v) is 12.7. The van der Waals surface area contributed by atoms with E-state index in [1.165, 1.54) is 128 Å². The van der Waals surface area contributed by atoms with Gasteiger partial charge in [0.15, 0.2) is 6.29 Å². The van der Waals surface area contributed by atoms with Crippen molar-refractivity contribution in [1.82, 2.24) is 5.32 Å². The Morgan fingerprint density at radius 1 is 0.515 bits per heavy atom. The Morgan fingerprint density at radius 3 is 1.34 bits per heavy atom. The molecule has 1 saturated heterocycles. The van der Waals surface area contributed by atoms with Gasteiger partial charge in [0, 0.05) is 6.42 Å². The Balaban J connectivity index is 1.93. The normalized spacial score (nSPS) is 20.2. The summed E-state index contributed by atoms with van der Waals surface area (Å²) in [6, 6.07) is -0.801. The number of unbranched alkanes of at least 4 members (excludes halogenated alkanes) is 24. The second-order valence-electron chi connectivity index (χ2n) is 19.0. The third-order valence-electron chi connectivity index (χ3n) is 12.7. The van der Waals surface area contributed by atoms with Crippen LogP contribution in [0.1, 0.15) is 226 Å². The number of aliphatic hydroxyl groups is 5. The van der Waals surface area contributed by atoms with Crippen molar-refractivity contribution in [3.8, 4) is 0 Å². The number of carbonyl (C=O) groups is 1. The van der Waals surface area contributed by atoms with Crippen LogP contribution >= 0.6 is 0 Å². The van der Waals surface area contributed by atoms with Gasteiger partial charge in [-0.2, -0.15) is 0 Å². The summed E-state index contributed by atoms with van der Waals surface area (Å²) < 4.78 is 11.1. The van der Waals surface area contributed by atoms with Gasteiger partial charge in [-0.3, -0.25) is 4.79 Å². The van der Waals surface area contributed by atoms with E-state index in [0.717, 1.165) is 77.0 Å².